The first-order valence-corrected chi connectivity index (χ1v) is 2.70. The highest BCUT2D eigenvalue weighted by atomic mass is 32.1. The van der Waals surface area contributed by atoms with Crippen LogP contribution >= 0.6 is 11.3 Å². The van der Waals surface area contributed by atoms with Crippen molar-refractivity contribution in [2.45, 2.75) is 6.92 Å². The zero-order chi connectivity index (χ0) is 5.28. The molecule has 0 aliphatic rings. The van der Waals surface area contributed by atoms with Gasteiger partial charge in [0.1, 0.15) is 0 Å². The molecule has 1 aromatic rings. The summed E-state index contributed by atoms with van der Waals surface area (Å²) in [7, 11) is 0. The lowest BCUT2D eigenvalue weighted by Crippen LogP contribution is -1.50. The molecular weight excluding hydrogens is 110 g/mol. The fourth-order valence-corrected chi connectivity index (χ4v) is 0.820. The Morgan fingerprint density at radius 2 is 2.57 bits per heavy atom. The van der Waals surface area contributed by atoms with Gasteiger partial charge >= 0.3 is 5.19 Å². The lowest BCUT2D eigenvalue weighted by molar-refractivity contribution is 0.352. The van der Waals surface area contributed by atoms with Gasteiger partial charge in [0, 0.05) is 11.1 Å². The van der Waals surface area contributed by atoms with Crippen LogP contribution in [0.5, 0.6) is 5.19 Å². The molecule has 0 N–H and O–H groups in total. The number of aromatic nitrogens is 1. The Balaban J connectivity index is 3.04. The Hall–Kier alpha value is -0.570. The van der Waals surface area contributed by atoms with Crippen LogP contribution in [0.4, 0.5) is 0 Å². The summed E-state index contributed by atoms with van der Waals surface area (Å²) >= 11 is 1.18. The van der Waals surface area contributed by atoms with E-state index < -0.39 is 0 Å². The normalized spacial score (nSPS) is 9.29. The van der Waals surface area contributed by atoms with Crippen molar-refractivity contribution in [3.63, 3.8) is 0 Å². The lowest BCUT2D eigenvalue weighted by atomic mass is 10.7. The standard InChI is InChI=1S/C4H4NOS/c1-3-2-5-4(6)7-3/h2H,1H3. The van der Waals surface area contributed by atoms with E-state index in [9.17, 15) is 5.11 Å². The van der Waals surface area contributed by atoms with E-state index in [0.717, 1.165) is 4.88 Å². The third kappa shape index (κ3) is 0.899. The van der Waals surface area contributed by atoms with Crippen molar-refractivity contribution in [2.75, 3.05) is 0 Å². The topological polar surface area (TPSA) is 32.8 Å². The second-order valence-electron chi connectivity index (χ2n) is 1.24. The first-order valence-electron chi connectivity index (χ1n) is 1.88. The quantitative estimate of drug-likeness (QED) is 0.504. The lowest BCUT2D eigenvalue weighted by Gasteiger charge is -1.64. The van der Waals surface area contributed by atoms with E-state index in [0.29, 0.717) is 0 Å². The second-order valence-corrected chi connectivity index (χ2v) is 2.43. The van der Waals surface area contributed by atoms with Gasteiger partial charge in [0.15, 0.2) is 0 Å². The van der Waals surface area contributed by atoms with E-state index in [-0.39, 0.29) is 5.19 Å². The van der Waals surface area contributed by atoms with E-state index in [1.165, 1.54) is 11.3 Å². The summed E-state index contributed by atoms with van der Waals surface area (Å²) in [5.74, 6) is 0. The minimum Gasteiger partial charge on any atom is -0.255 e. The molecular formula is C4H4NOS. The Bertz CT molecular complexity index is 144. The summed E-state index contributed by atoms with van der Waals surface area (Å²) in [6.07, 6.45) is 1.58. The van der Waals surface area contributed by atoms with Gasteiger partial charge in [0.25, 0.3) is 0 Å². The van der Waals surface area contributed by atoms with Gasteiger partial charge in [-0.3, -0.25) is 5.11 Å². The number of thiazole rings is 1. The van der Waals surface area contributed by atoms with Crippen molar-refractivity contribution in [1.82, 2.24) is 4.98 Å². The minimum absolute atomic E-state index is 0.0995. The first-order chi connectivity index (χ1) is 3.29. The molecule has 0 unspecified atom stereocenters. The predicted molar refractivity (Wildman–Crippen MR) is 27.0 cm³/mol. The average molecular weight is 114 g/mol. The van der Waals surface area contributed by atoms with Crippen LogP contribution < -0.4 is 0 Å². The fraction of sp³-hybridized carbons (Fsp3) is 0.250. The summed E-state index contributed by atoms with van der Waals surface area (Å²) in [6, 6.07) is 0. The maximum Gasteiger partial charge on any atom is 0.326 e. The molecule has 0 aliphatic heterocycles. The van der Waals surface area contributed by atoms with E-state index >= 15 is 0 Å². The third-order valence-corrected chi connectivity index (χ3v) is 1.31. The van der Waals surface area contributed by atoms with Crippen molar-refractivity contribution in [3.05, 3.63) is 11.1 Å². The summed E-state index contributed by atoms with van der Waals surface area (Å²) in [6.45, 7) is 1.86. The maximum atomic E-state index is 10.2. The Labute approximate surface area is 45.5 Å². The molecule has 0 aromatic carbocycles. The number of rotatable bonds is 0. The van der Waals surface area contributed by atoms with Crippen LogP contribution in [0.25, 0.3) is 0 Å². The van der Waals surface area contributed by atoms with Crippen LogP contribution in [0.1, 0.15) is 4.88 Å². The molecule has 2 nitrogen and oxygen atoms in total. The Morgan fingerprint density at radius 3 is 2.71 bits per heavy atom. The van der Waals surface area contributed by atoms with E-state index in [2.05, 4.69) is 4.98 Å². The molecule has 0 saturated heterocycles. The number of hydrogen-bond acceptors (Lipinski definition) is 2. The number of aryl methyl sites for hydroxylation is 1. The number of nitrogens with zero attached hydrogens (tertiary/aromatic N) is 1. The number of hydrogen-bond donors (Lipinski definition) is 0. The molecule has 0 atom stereocenters. The van der Waals surface area contributed by atoms with Crippen LogP contribution in [0.15, 0.2) is 6.20 Å². The molecule has 1 aromatic heterocycles. The highest BCUT2D eigenvalue weighted by Gasteiger charge is 1.92. The van der Waals surface area contributed by atoms with Crippen LogP contribution in [0.2, 0.25) is 0 Å². The monoisotopic (exact) mass is 114 g/mol. The van der Waals surface area contributed by atoms with Crippen molar-refractivity contribution in [1.29, 1.82) is 0 Å². The molecule has 0 aliphatic carbocycles. The molecule has 0 amide bonds. The molecule has 0 bridgehead atoms. The molecule has 1 rings (SSSR count). The molecule has 0 saturated carbocycles. The van der Waals surface area contributed by atoms with E-state index in [1.54, 1.807) is 6.20 Å². The summed E-state index contributed by atoms with van der Waals surface area (Å²) in [5.41, 5.74) is 0. The van der Waals surface area contributed by atoms with Gasteiger partial charge in [0.05, 0.1) is 0 Å². The van der Waals surface area contributed by atoms with E-state index in [4.69, 9.17) is 0 Å². The van der Waals surface area contributed by atoms with Crippen LogP contribution in [-0.2, 0) is 5.11 Å². The van der Waals surface area contributed by atoms with Gasteiger partial charge in [-0.1, -0.05) is 11.3 Å². The minimum atomic E-state index is -0.0995. The summed E-state index contributed by atoms with van der Waals surface area (Å²) < 4.78 is 0. The highest BCUT2D eigenvalue weighted by Crippen LogP contribution is 2.16. The summed E-state index contributed by atoms with van der Waals surface area (Å²) in [4.78, 5) is 4.46. The van der Waals surface area contributed by atoms with Crippen molar-refractivity contribution >= 4 is 11.3 Å². The van der Waals surface area contributed by atoms with Gasteiger partial charge in [0.2, 0.25) is 0 Å². The van der Waals surface area contributed by atoms with Gasteiger partial charge in [-0.15, -0.1) is 0 Å². The SMILES string of the molecule is Cc1cnc([O])s1. The van der Waals surface area contributed by atoms with Crippen LogP contribution in [-0.4, -0.2) is 4.98 Å². The molecule has 7 heavy (non-hydrogen) atoms. The molecule has 3 heteroatoms. The van der Waals surface area contributed by atoms with Gasteiger partial charge in [-0.25, -0.2) is 4.98 Å². The second kappa shape index (κ2) is 1.50. The molecule has 1 radical (unpaired) electrons. The molecule has 0 spiro atoms. The molecule has 37 valence electrons. The molecule has 0 fully saturated rings. The largest absolute Gasteiger partial charge is 0.326 e. The smallest absolute Gasteiger partial charge is 0.255 e. The first kappa shape index (κ1) is 4.59. The maximum absolute atomic E-state index is 10.2. The van der Waals surface area contributed by atoms with Crippen molar-refractivity contribution < 1.29 is 5.11 Å². The highest BCUT2D eigenvalue weighted by molar-refractivity contribution is 7.13. The van der Waals surface area contributed by atoms with Crippen molar-refractivity contribution in [2.24, 2.45) is 0 Å². The Kier molecular flexibility index (Phi) is 0.982. The van der Waals surface area contributed by atoms with Gasteiger partial charge in [-0.2, -0.15) is 0 Å². The average Bonchev–Trinajstić information content (AvgIpc) is 1.87. The third-order valence-electron chi connectivity index (χ3n) is 0.600. The van der Waals surface area contributed by atoms with Crippen LogP contribution in [0, 0.1) is 6.92 Å². The fourth-order valence-electron chi connectivity index (χ4n) is 0.334. The van der Waals surface area contributed by atoms with Gasteiger partial charge < -0.3 is 0 Å². The van der Waals surface area contributed by atoms with E-state index in [1.807, 2.05) is 6.92 Å². The van der Waals surface area contributed by atoms with Crippen molar-refractivity contribution in [3.8, 4) is 5.19 Å². The zero-order valence-electron chi connectivity index (χ0n) is 3.84. The van der Waals surface area contributed by atoms with Gasteiger partial charge in [-0.05, 0) is 6.92 Å². The predicted octanol–water partition coefficient (Wildman–Crippen LogP) is 1.60. The van der Waals surface area contributed by atoms with Crippen LogP contribution in [0.3, 0.4) is 0 Å². The summed E-state index contributed by atoms with van der Waals surface area (Å²) in [5, 5.41) is 10.1. The Morgan fingerprint density at radius 1 is 1.86 bits per heavy atom. The zero-order valence-corrected chi connectivity index (χ0v) is 4.66. The molecule has 1 heterocycles.